The zero-order chi connectivity index (χ0) is 18.4. The maximum absolute atomic E-state index is 12.8. The topological polar surface area (TPSA) is 79.4 Å². The van der Waals surface area contributed by atoms with E-state index in [1.54, 1.807) is 13.1 Å². The van der Waals surface area contributed by atoms with Crippen LogP contribution in [0.4, 0.5) is 5.69 Å². The van der Waals surface area contributed by atoms with E-state index in [9.17, 15) is 13.2 Å². The molecule has 0 aliphatic heterocycles. The molecule has 2 aromatic rings. The van der Waals surface area contributed by atoms with Gasteiger partial charge in [-0.3, -0.25) is 9.78 Å². The molecule has 0 bridgehead atoms. The minimum Gasteiger partial charge on any atom is -0.325 e. The Morgan fingerprint density at radius 2 is 2.04 bits per heavy atom. The molecular formula is C17H20ClN3O3S. The highest BCUT2D eigenvalue weighted by atomic mass is 35.5. The second-order valence-corrected chi connectivity index (χ2v) is 7.74. The highest BCUT2D eigenvalue weighted by molar-refractivity contribution is 7.89. The molecule has 1 aromatic heterocycles. The maximum Gasteiger partial charge on any atom is 0.243 e. The van der Waals surface area contributed by atoms with Gasteiger partial charge in [0.2, 0.25) is 15.9 Å². The molecule has 1 amide bonds. The van der Waals surface area contributed by atoms with Crippen molar-refractivity contribution >= 4 is 33.2 Å². The molecule has 2 rings (SSSR count). The van der Waals surface area contributed by atoms with Gasteiger partial charge in [-0.1, -0.05) is 24.6 Å². The van der Waals surface area contributed by atoms with Crippen LogP contribution in [0.3, 0.4) is 0 Å². The number of hydrogen-bond acceptors (Lipinski definition) is 4. The van der Waals surface area contributed by atoms with Crippen LogP contribution in [0.5, 0.6) is 0 Å². The molecule has 0 unspecified atom stereocenters. The van der Waals surface area contributed by atoms with Crippen molar-refractivity contribution in [2.75, 3.05) is 18.4 Å². The molecule has 0 radical (unpaired) electrons. The lowest BCUT2D eigenvalue weighted by atomic mass is 10.3. The van der Waals surface area contributed by atoms with Gasteiger partial charge in [-0.15, -0.1) is 0 Å². The van der Waals surface area contributed by atoms with Gasteiger partial charge in [-0.25, -0.2) is 8.42 Å². The van der Waals surface area contributed by atoms with Gasteiger partial charge in [-0.2, -0.15) is 4.31 Å². The Balaban J connectivity index is 2.20. The summed E-state index contributed by atoms with van der Waals surface area (Å²) in [5.74, 6) is -0.275. The van der Waals surface area contributed by atoms with Crippen molar-refractivity contribution in [3.05, 3.63) is 53.3 Å². The fourth-order valence-corrected chi connectivity index (χ4v) is 4.10. The van der Waals surface area contributed by atoms with Crippen molar-refractivity contribution < 1.29 is 13.2 Å². The van der Waals surface area contributed by atoms with E-state index < -0.39 is 10.0 Å². The number of carbonyl (C=O) groups is 1. The standard InChI is InChI=1S/C17H20ClN3O3S/c1-3-21(11-9-14-6-4-5-10-19-14)25(23,24)15-7-8-17(16(18)12-15)20-13(2)22/h4-8,10,12H,3,9,11H2,1-2H3,(H,20,22). The molecule has 0 saturated carbocycles. The Hall–Kier alpha value is -1.96. The number of nitrogens with zero attached hydrogens (tertiary/aromatic N) is 2. The first-order valence-corrected chi connectivity index (χ1v) is 9.63. The first-order chi connectivity index (χ1) is 11.8. The summed E-state index contributed by atoms with van der Waals surface area (Å²) in [7, 11) is -3.68. The second kappa shape index (κ2) is 8.42. The summed E-state index contributed by atoms with van der Waals surface area (Å²) in [5, 5.41) is 2.73. The maximum atomic E-state index is 12.8. The lowest BCUT2D eigenvalue weighted by molar-refractivity contribution is -0.114. The van der Waals surface area contributed by atoms with Crippen LogP contribution in [0.15, 0.2) is 47.5 Å². The van der Waals surface area contributed by atoms with Gasteiger partial charge in [-0.05, 0) is 30.3 Å². The molecule has 0 aliphatic rings. The van der Waals surface area contributed by atoms with Crippen LogP contribution < -0.4 is 5.32 Å². The summed E-state index contributed by atoms with van der Waals surface area (Å²) in [6.07, 6.45) is 2.20. The zero-order valence-corrected chi connectivity index (χ0v) is 15.6. The molecule has 134 valence electrons. The number of hydrogen-bond donors (Lipinski definition) is 1. The summed E-state index contributed by atoms with van der Waals surface area (Å²) in [5.41, 5.74) is 1.21. The first kappa shape index (κ1) is 19.4. The zero-order valence-electron chi connectivity index (χ0n) is 14.1. The Bertz CT molecular complexity index is 841. The molecule has 0 atom stereocenters. The quantitative estimate of drug-likeness (QED) is 0.799. The molecular weight excluding hydrogens is 362 g/mol. The molecule has 0 saturated heterocycles. The van der Waals surface area contributed by atoms with Gasteiger partial charge >= 0.3 is 0 Å². The summed E-state index contributed by atoms with van der Waals surface area (Å²) < 4.78 is 27.0. The van der Waals surface area contributed by atoms with Gasteiger partial charge in [0.25, 0.3) is 0 Å². The number of pyridine rings is 1. The fourth-order valence-electron chi connectivity index (χ4n) is 2.33. The molecule has 0 fully saturated rings. The number of halogens is 1. The third-order valence-corrected chi connectivity index (χ3v) is 5.87. The monoisotopic (exact) mass is 381 g/mol. The van der Waals surface area contributed by atoms with Gasteiger partial charge < -0.3 is 5.32 Å². The van der Waals surface area contributed by atoms with Crippen molar-refractivity contribution in [1.82, 2.24) is 9.29 Å². The van der Waals surface area contributed by atoms with Crippen molar-refractivity contribution in [3.8, 4) is 0 Å². The lowest BCUT2D eigenvalue weighted by Gasteiger charge is -2.21. The molecule has 6 nitrogen and oxygen atoms in total. The van der Waals surface area contributed by atoms with Crippen LogP contribution in [0, 0.1) is 0 Å². The van der Waals surface area contributed by atoms with E-state index in [1.807, 2.05) is 18.2 Å². The molecule has 1 N–H and O–H groups in total. The molecule has 8 heteroatoms. The largest absolute Gasteiger partial charge is 0.325 e. The Kier molecular flexibility index (Phi) is 6.52. The normalized spacial score (nSPS) is 11.5. The summed E-state index contributed by atoms with van der Waals surface area (Å²) in [6.45, 7) is 3.79. The third kappa shape index (κ3) is 5.01. The van der Waals surface area contributed by atoms with Crippen molar-refractivity contribution in [2.45, 2.75) is 25.2 Å². The summed E-state index contributed by atoms with van der Waals surface area (Å²) in [6, 6.07) is 9.83. The number of anilines is 1. The molecule has 0 spiro atoms. The minimum atomic E-state index is -3.68. The van der Waals surface area contributed by atoms with Crippen LogP contribution in [0.1, 0.15) is 19.5 Å². The van der Waals surface area contributed by atoms with Crippen molar-refractivity contribution in [2.24, 2.45) is 0 Å². The molecule has 0 aliphatic carbocycles. The van der Waals surface area contributed by atoms with Crippen molar-refractivity contribution in [1.29, 1.82) is 0 Å². The summed E-state index contributed by atoms with van der Waals surface area (Å²) >= 11 is 6.09. The minimum absolute atomic E-state index is 0.0921. The number of nitrogens with one attached hydrogen (secondary N) is 1. The smallest absolute Gasteiger partial charge is 0.243 e. The number of benzene rings is 1. The molecule has 1 aromatic carbocycles. The van der Waals surface area contributed by atoms with Gasteiger partial charge in [0, 0.05) is 38.3 Å². The Labute approximate surface area is 152 Å². The van der Waals surface area contributed by atoms with Gasteiger partial charge in [0.1, 0.15) is 0 Å². The van der Waals surface area contributed by atoms with Crippen LogP contribution in [-0.4, -0.2) is 36.7 Å². The van der Waals surface area contributed by atoms with E-state index in [-0.39, 0.29) is 15.8 Å². The highest BCUT2D eigenvalue weighted by Gasteiger charge is 2.23. The Morgan fingerprint density at radius 3 is 2.60 bits per heavy atom. The average molecular weight is 382 g/mol. The average Bonchev–Trinajstić information content (AvgIpc) is 2.57. The predicted octanol–water partition coefficient (Wildman–Crippen LogP) is 2.95. The first-order valence-electron chi connectivity index (χ1n) is 7.81. The van der Waals surface area contributed by atoms with E-state index in [2.05, 4.69) is 10.3 Å². The number of likely N-dealkylation sites (N-methyl/N-ethyl adjacent to an activating group) is 1. The van der Waals surface area contributed by atoms with E-state index in [0.29, 0.717) is 25.2 Å². The summed E-state index contributed by atoms with van der Waals surface area (Å²) in [4.78, 5) is 15.4. The van der Waals surface area contributed by atoms with Crippen LogP contribution in [0.2, 0.25) is 5.02 Å². The van der Waals surface area contributed by atoms with Crippen LogP contribution in [-0.2, 0) is 21.2 Å². The Morgan fingerprint density at radius 1 is 1.28 bits per heavy atom. The van der Waals surface area contributed by atoms with Gasteiger partial charge in [0.15, 0.2) is 0 Å². The number of aromatic nitrogens is 1. The third-order valence-electron chi connectivity index (χ3n) is 3.59. The number of carbonyl (C=O) groups excluding carboxylic acids is 1. The second-order valence-electron chi connectivity index (χ2n) is 5.39. The van der Waals surface area contributed by atoms with E-state index in [4.69, 9.17) is 11.6 Å². The molecule has 1 heterocycles. The predicted molar refractivity (Wildman–Crippen MR) is 98.1 cm³/mol. The van der Waals surface area contributed by atoms with Crippen LogP contribution >= 0.6 is 11.6 Å². The van der Waals surface area contributed by atoms with E-state index in [0.717, 1.165) is 5.69 Å². The van der Waals surface area contributed by atoms with Crippen LogP contribution in [0.25, 0.3) is 0 Å². The fraction of sp³-hybridized carbons (Fsp3) is 0.294. The highest BCUT2D eigenvalue weighted by Crippen LogP contribution is 2.27. The number of sulfonamides is 1. The number of amides is 1. The lowest BCUT2D eigenvalue weighted by Crippen LogP contribution is -2.33. The number of rotatable bonds is 7. The van der Waals surface area contributed by atoms with Crippen molar-refractivity contribution in [3.63, 3.8) is 0 Å². The van der Waals surface area contributed by atoms with E-state index >= 15 is 0 Å². The van der Waals surface area contributed by atoms with Gasteiger partial charge in [0.05, 0.1) is 15.6 Å². The van der Waals surface area contributed by atoms with E-state index in [1.165, 1.54) is 29.4 Å². The SMILES string of the molecule is CCN(CCc1ccccn1)S(=O)(=O)c1ccc(NC(C)=O)c(Cl)c1. The molecule has 25 heavy (non-hydrogen) atoms.